The number of benzene rings is 1. The Hall–Kier alpha value is -1.75. The van der Waals surface area contributed by atoms with Crippen LogP contribution in [0.25, 0.3) is 0 Å². The number of nitrogens with one attached hydrogen (secondary N) is 1. The van der Waals surface area contributed by atoms with Gasteiger partial charge in [0.15, 0.2) is 6.10 Å². The molecule has 0 fully saturated rings. The van der Waals surface area contributed by atoms with Crippen LogP contribution in [0.15, 0.2) is 24.3 Å². The van der Waals surface area contributed by atoms with E-state index in [9.17, 15) is 4.79 Å². The molecule has 1 N–H and O–H groups in total. The average molecular weight is 294 g/mol. The van der Waals surface area contributed by atoms with Crippen LogP contribution in [-0.4, -0.2) is 51.2 Å². The zero-order valence-corrected chi connectivity index (χ0v) is 13.4. The zero-order valence-electron chi connectivity index (χ0n) is 13.4. The number of hydrogen-bond acceptors (Lipinski definition) is 4. The Kier molecular flexibility index (Phi) is 7.61. The quantitative estimate of drug-likeness (QED) is 0.707. The van der Waals surface area contributed by atoms with Crippen LogP contribution in [0.2, 0.25) is 0 Å². The smallest absolute Gasteiger partial charge is 0.261 e. The van der Waals surface area contributed by atoms with Crippen molar-refractivity contribution in [3.05, 3.63) is 24.3 Å². The maximum atomic E-state index is 12.1. The first-order chi connectivity index (χ1) is 10.1. The second-order valence-corrected chi connectivity index (χ2v) is 5.14. The monoisotopic (exact) mass is 294 g/mol. The number of amides is 1. The molecule has 0 aliphatic carbocycles. The van der Waals surface area contributed by atoms with Gasteiger partial charge in [-0.25, -0.2) is 0 Å². The second-order valence-electron chi connectivity index (χ2n) is 5.14. The molecule has 0 spiro atoms. The van der Waals surface area contributed by atoms with Crippen LogP contribution in [-0.2, 0) is 4.79 Å². The summed E-state index contributed by atoms with van der Waals surface area (Å²) in [4.78, 5) is 14.2. The van der Waals surface area contributed by atoms with Crippen LogP contribution in [0, 0.1) is 0 Å². The molecule has 0 bridgehead atoms. The Morgan fingerprint density at radius 1 is 1.24 bits per heavy atom. The highest BCUT2D eigenvalue weighted by Gasteiger charge is 2.17. The van der Waals surface area contributed by atoms with Crippen LogP contribution in [0.3, 0.4) is 0 Å². The molecule has 5 nitrogen and oxygen atoms in total. The van der Waals surface area contributed by atoms with E-state index >= 15 is 0 Å². The Bertz CT molecular complexity index is 418. The molecule has 1 rings (SSSR count). The maximum Gasteiger partial charge on any atom is 0.261 e. The van der Waals surface area contributed by atoms with Crippen molar-refractivity contribution < 1.29 is 14.3 Å². The normalized spacial score (nSPS) is 12.0. The van der Waals surface area contributed by atoms with E-state index in [1.165, 1.54) is 0 Å². The lowest BCUT2D eigenvalue weighted by molar-refractivity contribution is -0.128. The number of carbonyl (C=O) groups excluding carboxylic acids is 1. The predicted octanol–water partition coefficient (Wildman–Crippen LogP) is 1.92. The molecule has 21 heavy (non-hydrogen) atoms. The Labute approximate surface area is 127 Å². The van der Waals surface area contributed by atoms with Gasteiger partial charge in [-0.05, 0) is 57.7 Å². The van der Waals surface area contributed by atoms with Gasteiger partial charge >= 0.3 is 0 Å². The van der Waals surface area contributed by atoms with Gasteiger partial charge in [0.2, 0.25) is 0 Å². The third-order valence-corrected chi connectivity index (χ3v) is 3.08. The summed E-state index contributed by atoms with van der Waals surface area (Å²) in [6.45, 7) is 3.56. The minimum absolute atomic E-state index is 0.0629. The number of hydrogen-bond donors (Lipinski definition) is 1. The Morgan fingerprint density at radius 2 is 1.86 bits per heavy atom. The van der Waals surface area contributed by atoms with E-state index < -0.39 is 6.10 Å². The third-order valence-electron chi connectivity index (χ3n) is 3.08. The highest BCUT2D eigenvalue weighted by Crippen LogP contribution is 2.18. The van der Waals surface area contributed by atoms with Crippen LogP contribution in [0.1, 0.15) is 19.8 Å². The summed E-state index contributed by atoms with van der Waals surface area (Å²) in [5.41, 5.74) is 0. The highest BCUT2D eigenvalue weighted by molar-refractivity contribution is 5.81. The molecule has 1 amide bonds. The highest BCUT2D eigenvalue weighted by atomic mass is 16.5. The molecule has 118 valence electrons. The summed E-state index contributed by atoms with van der Waals surface area (Å²) in [5.74, 6) is 1.38. The van der Waals surface area contributed by atoms with Gasteiger partial charge in [0.05, 0.1) is 7.11 Å². The summed E-state index contributed by atoms with van der Waals surface area (Å²) in [6, 6.07) is 7.25. The Balaban J connectivity index is 2.43. The molecule has 0 aliphatic rings. The van der Waals surface area contributed by atoms with Crippen molar-refractivity contribution in [2.75, 3.05) is 34.3 Å². The number of rotatable bonds is 9. The fraction of sp³-hybridized carbons (Fsp3) is 0.562. The van der Waals surface area contributed by atoms with Crippen molar-refractivity contribution in [1.29, 1.82) is 0 Å². The van der Waals surface area contributed by atoms with Crippen molar-refractivity contribution >= 4 is 5.91 Å². The zero-order chi connectivity index (χ0) is 15.7. The lowest BCUT2D eigenvalue weighted by atomic mass is 10.2. The molecule has 1 atom stereocenters. The summed E-state index contributed by atoms with van der Waals surface area (Å²) in [5, 5.41) is 2.92. The number of methoxy groups -OCH3 is 1. The first kappa shape index (κ1) is 17.3. The third kappa shape index (κ3) is 6.49. The molecule has 0 heterocycles. The van der Waals surface area contributed by atoms with Gasteiger partial charge in [-0.2, -0.15) is 0 Å². The first-order valence-electron chi connectivity index (χ1n) is 7.30. The Morgan fingerprint density at radius 3 is 2.38 bits per heavy atom. The largest absolute Gasteiger partial charge is 0.497 e. The van der Waals surface area contributed by atoms with E-state index in [-0.39, 0.29) is 5.91 Å². The first-order valence-corrected chi connectivity index (χ1v) is 7.30. The van der Waals surface area contributed by atoms with Crippen LogP contribution < -0.4 is 14.8 Å². The summed E-state index contributed by atoms with van der Waals surface area (Å²) in [6.07, 6.45) is 1.10. The van der Waals surface area contributed by atoms with E-state index in [0.717, 1.165) is 18.7 Å². The fourth-order valence-corrected chi connectivity index (χ4v) is 1.86. The second kappa shape index (κ2) is 9.23. The van der Waals surface area contributed by atoms with Gasteiger partial charge in [0.25, 0.3) is 5.91 Å². The molecular formula is C16H26N2O3. The minimum atomic E-state index is -0.460. The summed E-state index contributed by atoms with van der Waals surface area (Å²) in [7, 11) is 5.65. The van der Waals surface area contributed by atoms with E-state index in [0.29, 0.717) is 18.7 Å². The molecule has 0 saturated carbocycles. The lowest BCUT2D eigenvalue weighted by Gasteiger charge is -2.18. The fourth-order valence-electron chi connectivity index (χ4n) is 1.86. The van der Waals surface area contributed by atoms with Crippen LogP contribution in [0.5, 0.6) is 11.5 Å². The van der Waals surface area contributed by atoms with Gasteiger partial charge in [0, 0.05) is 6.54 Å². The topological polar surface area (TPSA) is 50.8 Å². The van der Waals surface area contributed by atoms with Crippen molar-refractivity contribution in [2.24, 2.45) is 0 Å². The van der Waals surface area contributed by atoms with Crippen molar-refractivity contribution in [1.82, 2.24) is 10.2 Å². The summed E-state index contributed by atoms with van der Waals surface area (Å²) >= 11 is 0. The van der Waals surface area contributed by atoms with E-state index in [1.807, 2.05) is 33.2 Å². The summed E-state index contributed by atoms with van der Waals surface area (Å²) < 4.78 is 10.8. The standard InChI is InChI=1S/C16H26N2O3/c1-5-15(16(19)17-11-6-12-18(2)3)21-14-9-7-13(20-4)8-10-14/h7-10,15H,5-6,11-12H2,1-4H3,(H,17,19)/t15-/m0/s1. The molecule has 1 aromatic carbocycles. The van der Waals surface area contributed by atoms with Gasteiger partial charge in [-0.15, -0.1) is 0 Å². The van der Waals surface area contributed by atoms with Gasteiger partial charge < -0.3 is 19.7 Å². The van der Waals surface area contributed by atoms with E-state index in [2.05, 4.69) is 10.2 Å². The SMILES string of the molecule is CC[C@H](Oc1ccc(OC)cc1)C(=O)NCCCN(C)C. The molecule has 1 aromatic rings. The minimum Gasteiger partial charge on any atom is -0.497 e. The number of ether oxygens (including phenoxy) is 2. The van der Waals surface area contributed by atoms with Crippen LogP contribution in [0.4, 0.5) is 0 Å². The molecule has 0 aliphatic heterocycles. The molecular weight excluding hydrogens is 268 g/mol. The lowest BCUT2D eigenvalue weighted by Crippen LogP contribution is -2.39. The predicted molar refractivity (Wildman–Crippen MR) is 83.9 cm³/mol. The van der Waals surface area contributed by atoms with Gasteiger partial charge in [-0.1, -0.05) is 6.92 Å². The molecule has 0 saturated heterocycles. The van der Waals surface area contributed by atoms with Crippen molar-refractivity contribution in [3.8, 4) is 11.5 Å². The van der Waals surface area contributed by atoms with Gasteiger partial charge in [-0.3, -0.25) is 4.79 Å². The van der Waals surface area contributed by atoms with Crippen LogP contribution >= 0.6 is 0 Å². The molecule has 5 heteroatoms. The maximum absolute atomic E-state index is 12.1. The van der Waals surface area contributed by atoms with Crippen molar-refractivity contribution in [2.45, 2.75) is 25.9 Å². The molecule has 0 radical (unpaired) electrons. The van der Waals surface area contributed by atoms with Gasteiger partial charge in [0.1, 0.15) is 11.5 Å². The van der Waals surface area contributed by atoms with E-state index in [1.54, 1.807) is 19.2 Å². The average Bonchev–Trinajstić information content (AvgIpc) is 2.49. The number of nitrogens with zero attached hydrogens (tertiary/aromatic N) is 1. The molecule has 0 aromatic heterocycles. The van der Waals surface area contributed by atoms with E-state index in [4.69, 9.17) is 9.47 Å². The number of carbonyl (C=O) groups is 1. The molecule has 0 unspecified atom stereocenters. The van der Waals surface area contributed by atoms with Crippen molar-refractivity contribution in [3.63, 3.8) is 0 Å².